The normalized spacial score (nSPS) is 21.5. The third kappa shape index (κ3) is 4.29. The van der Waals surface area contributed by atoms with E-state index in [4.69, 9.17) is 9.47 Å². The quantitative estimate of drug-likeness (QED) is 0.699. The Balaban J connectivity index is 1.54. The molecule has 0 atom stereocenters. The predicted molar refractivity (Wildman–Crippen MR) is 112 cm³/mol. The summed E-state index contributed by atoms with van der Waals surface area (Å²) in [5.41, 5.74) is 2.40. The van der Waals surface area contributed by atoms with Crippen LogP contribution in [0.3, 0.4) is 0 Å². The number of fused-ring (bicyclic) bond motifs is 1. The number of carbonyl (C=O) groups is 2. The Kier molecular flexibility index (Phi) is 5.58. The summed E-state index contributed by atoms with van der Waals surface area (Å²) in [6.07, 6.45) is 3.90. The van der Waals surface area contributed by atoms with E-state index in [1.807, 2.05) is 32.0 Å². The molecule has 2 heterocycles. The third-order valence-corrected chi connectivity index (χ3v) is 6.51. The number of hydrogen-bond donors (Lipinski definition) is 0. The second kappa shape index (κ2) is 8.14. The number of amides is 1. The van der Waals surface area contributed by atoms with E-state index >= 15 is 0 Å². The van der Waals surface area contributed by atoms with Crippen molar-refractivity contribution in [2.75, 3.05) is 18.1 Å². The van der Waals surface area contributed by atoms with Crippen molar-refractivity contribution >= 4 is 28.9 Å². The van der Waals surface area contributed by atoms with E-state index < -0.39 is 0 Å². The Morgan fingerprint density at radius 2 is 2.03 bits per heavy atom. The van der Waals surface area contributed by atoms with Crippen LogP contribution in [0.4, 0.5) is 5.69 Å². The predicted octanol–water partition coefficient (Wildman–Crippen LogP) is 4.27. The first-order chi connectivity index (χ1) is 13.9. The maximum Gasteiger partial charge on any atom is 0.326 e. The van der Waals surface area contributed by atoms with Gasteiger partial charge in [-0.25, -0.2) is 4.98 Å². The van der Waals surface area contributed by atoms with Crippen molar-refractivity contribution in [1.29, 1.82) is 0 Å². The molecule has 2 aliphatic rings. The standard InChI is InChI=1S/C22H26N2O4S/c1-13-4-7-17(8-5-13)28-21(26)11-24-18-10-16(22-14(2)29-15(3)23-22)6-9-19(18)27-12-20(24)25/h6,9-10,13,17H,4-5,7-8,11-12H2,1-3H3. The number of aromatic nitrogens is 1. The van der Waals surface area contributed by atoms with Gasteiger partial charge in [-0.3, -0.25) is 14.5 Å². The molecule has 154 valence electrons. The third-order valence-electron chi connectivity index (χ3n) is 5.63. The summed E-state index contributed by atoms with van der Waals surface area (Å²) in [4.78, 5) is 32.3. The number of benzene rings is 1. The first-order valence-electron chi connectivity index (χ1n) is 10.1. The highest BCUT2D eigenvalue weighted by Crippen LogP contribution is 2.37. The van der Waals surface area contributed by atoms with Gasteiger partial charge < -0.3 is 9.47 Å². The molecule has 2 aromatic rings. The monoisotopic (exact) mass is 414 g/mol. The summed E-state index contributed by atoms with van der Waals surface area (Å²) in [5, 5.41) is 0.991. The molecule has 1 saturated carbocycles. The van der Waals surface area contributed by atoms with Crippen LogP contribution < -0.4 is 9.64 Å². The van der Waals surface area contributed by atoms with Gasteiger partial charge in [0.2, 0.25) is 0 Å². The number of esters is 1. The second-order valence-electron chi connectivity index (χ2n) is 7.96. The Morgan fingerprint density at radius 1 is 1.28 bits per heavy atom. The van der Waals surface area contributed by atoms with Crippen molar-refractivity contribution in [2.45, 2.75) is 52.6 Å². The van der Waals surface area contributed by atoms with E-state index in [-0.39, 0.29) is 31.1 Å². The summed E-state index contributed by atoms with van der Waals surface area (Å²) in [5.74, 6) is 0.679. The average molecular weight is 415 g/mol. The van der Waals surface area contributed by atoms with Gasteiger partial charge >= 0.3 is 5.97 Å². The molecule has 1 amide bonds. The summed E-state index contributed by atoms with van der Waals surface area (Å²) in [6.45, 7) is 6.06. The zero-order valence-corrected chi connectivity index (χ0v) is 17.9. The Bertz CT molecular complexity index is 931. The molecule has 0 radical (unpaired) electrons. The van der Waals surface area contributed by atoms with Gasteiger partial charge in [0.25, 0.3) is 5.91 Å². The van der Waals surface area contributed by atoms with Crippen molar-refractivity contribution in [2.24, 2.45) is 5.92 Å². The average Bonchev–Trinajstić information content (AvgIpc) is 3.03. The van der Waals surface area contributed by atoms with Crippen LogP contribution in [0.15, 0.2) is 18.2 Å². The first-order valence-corrected chi connectivity index (χ1v) is 10.9. The van der Waals surface area contributed by atoms with Gasteiger partial charge in [0, 0.05) is 10.4 Å². The maximum absolute atomic E-state index is 12.6. The highest BCUT2D eigenvalue weighted by molar-refractivity contribution is 7.11. The van der Waals surface area contributed by atoms with Crippen LogP contribution in [0, 0.1) is 19.8 Å². The molecule has 1 aromatic heterocycles. The summed E-state index contributed by atoms with van der Waals surface area (Å²) >= 11 is 1.64. The van der Waals surface area contributed by atoms with Gasteiger partial charge in [-0.15, -0.1) is 11.3 Å². The molecule has 4 rings (SSSR count). The van der Waals surface area contributed by atoms with Gasteiger partial charge in [-0.1, -0.05) is 6.92 Å². The second-order valence-corrected chi connectivity index (χ2v) is 9.37. The first kappa shape index (κ1) is 19.9. The van der Waals surface area contributed by atoms with Crippen LogP contribution in [0.25, 0.3) is 11.3 Å². The van der Waals surface area contributed by atoms with E-state index in [1.165, 1.54) is 4.90 Å². The highest BCUT2D eigenvalue weighted by Gasteiger charge is 2.30. The molecule has 29 heavy (non-hydrogen) atoms. The van der Waals surface area contributed by atoms with Gasteiger partial charge in [0.05, 0.1) is 16.4 Å². The Labute approximate surface area is 174 Å². The molecule has 1 aliphatic carbocycles. The maximum atomic E-state index is 12.6. The molecule has 0 spiro atoms. The van der Waals surface area contributed by atoms with Crippen LogP contribution in [-0.2, 0) is 14.3 Å². The minimum absolute atomic E-state index is 0.0405. The molecule has 1 aromatic carbocycles. The van der Waals surface area contributed by atoms with Crippen molar-refractivity contribution in [3.8, 4) is 17.0 Å². The summed E-state index contributed by atoms with van der Waals surface area (Å²) in [6, 6.07) is 5.66. The molecule has 1 aliphatic heterocycles. The largest absolute Gasteiger partial charge is 0.482 e. The number of carbonyl (C=O) groups excluding carboxylic acids is 2. The van der Waals surface area contributed by atoms with Crippen LogP contribution in [0.1, 0.15) is 42.5 Å². The lowest BCUT2D eigenvalue weighted by molar-refractivity contribution is -0.150. The number of rotatable bonds is 4. The zero-order valence-electron chi connectivity index (χ0n) is 17.1. The van der Waals surface area contributed by atoms with Crippen molar-refractivity contribution in [1.82, 2.24) is 4.98 Å². The van der Waals surface area contributed by atoms with Crippen LogP contribution in [0.2, 0.25) is 0 Å². The lowest BCUT2D eigenvalue weighted by atomic mass is 9.89. The minimum atomic E-state index is -0.364. The number of nitrogens with zero attached hydrogens (tertiary/aromatic N) is 2. The van der Waals surface area contributed by atoms with Crippen LogP contribution in [0.5, 0.6) is 5.75 Å². The van der Waals surface area contributed by atoms with E-state index in [0.717, 1.165) is 46.8 Å². The SMILES string of the molecule is Cc1nc(-c2ccc3c(c2)N(CC(=O)OC2CCC(C)CC2)C(=O)CO3)c(C)s1. The smallest absolute Gasteiger partial charge is 0.326 e. The molecular weight excluding hydrogens is 388 g/mol. The molecule has 0 bridgehead atoms. The fraction of sp³-hybridized carbons (Fsp3) is 0.500. The van der Waals surface area contributed by atoms with Crippen molar-refractivity contribution < 1.29 is 19.1 Å². The summed E-state index contributed by atoms with van der Waals surface area (Å²) in [7, 11) is 0. The molecule has 0 saturated heterocycles. The molecule has 0 unspecified atom stereocenters. The highest BCUT2D eigenvalue weighted by atomic mass is 32.1. The Hall–Kier alpha value is -2.41. The van der Waals surface area contributed by atoms with Gasteiger partial charge in [-0.2, -0.15) is 0 Å². The fourth-order valence-electron chi connectivity index (χ4n) is 4.02. The molecule has 6 nitrogen and oxygen atoms in total. The van der Waals surface area contributed by atoms with Crippen LogP contribution in [-0.4, -0.2) is 36.1 Å². The van der Waals surface area contributed by atoms with Gasteiger partial charge in [0.1, 0.15) is 18.4 Å². The van der Waals surface area contributed by atoms with Crippen LogP contribution >= 0.6 is 11.3 Å². The topological polar surface area (TPSA) is 68.7 Å². The lowest BCUT2D eigenvalue weighted by Crippen LogP contribution is -2.43. The van der Waals surface area contributed by atoms with Crippen molar-refractivity contribution in [3.05, 3.63) is 28.1 Å². The molecule has 1 fully saturated rings. The summed E-state index contributed by atoms with van der Waals surface area (Å²) < 4.78 is 11.2. The number of ether oxygens (including phenoxy) is 2. The molecule has 0 N–H and O–H groups in total. The number of thiazole rings is 1. The van der Waals surface area contributed by atoms with E-state index in [0.29, 0.717) is 17.4 Å². The van der Waals surface area contributed by atoms with E-state index in [1.54, 1.807) is 11.3 Å². The minimum Gasteiger partial charge on any atom is -0.482 e. The number of aryl methyl sites for hydroxylation is 2. The van der Waals surface area contributed by atoms with Gasteiger partial charge in [-0.05, 0) is 63.6 Å². The fourth-order valence-corrected chi connectivity index (χ4v) is 4.86. The number of hydrogen-bond acceptors (Lipinski definition) is 6. The molecular formula is C22H26N2O4S. The lowest BCUT2D eigenvalue weighted by Gasteiger charge is -2.30. The van der Waals surface area contributed by atoms with Crippen molar-refractivity contribution in [3.63, 3.8) is 0 Å². The Morgan fingerprint density at radius 3 is 2.72 bits per heavy atom. The van der Waals surface area contributed by atoms with E-state index in [2.05, 4.69) is 11.9 Å². The molecule has 7 heteroatoms. The number of anilines is 1. The van der Waals surface area contributed by atoms with Gasteiger partial charge in [0.15, 0.2) is 6.61 Å². The van der Waals surface area contributed by atoms with E-state index in [9.17, 15) is 9.59 Å². The zero-order chi connectivity index (χ0) is 20.5.